The zero-order valence-electron chi connectivity index (χ0n) is 12.4. The smallest absolute Gasteiger partial charge is 0.166 e. The minimum absolute atomic E-state index is 0.222. The summed E-state index contributed by atoms with van der Waals surface area (Å²) >= 11 is 0. The summed E-state index contributed by atoms with van der Waals surface area (Å²) in [6.07, 6.45) is 4.60. The molecule has 0 N–H and O–H groups in total. The fraction of sp³-hybridized carbons (Fsp3) is 0.500. The Bertz CT molecular complexity index is 517. The van der Waals surface area contributed by atoms with Crippen molar-refractivity contribution in [1.29, 1.82) is 0 Å². The van der Waals surface area contributed by atoms with Gasteiger partial charge in [0.25, 0.3) is 0 Å². The highest BCUT2D eigenvalue weighted by Gasteiger charge is 2.40. The first-order chi connectivity index (χ1) is 9.56. The molecule has 2 atom stereocenters. The number of hydrogen-bond acceptors (Lipinski definition) is 2. The highest BCUT2D eigenvalue weighted by molar-refractivity contribution is 5.98. The van der Waals surface area contributed by atoms with Crippen molar-refractivity contribution in [1.82, 2.24) is 4.90 Å². The van der Waals surface area contributed by atoms with E-state index in [1.165, 1.54) is 12.8 Å². The van der Waals surface area contributed by atoms with E-state index < -0.39 is 0 Å². The van der Waals surface area contributed by atoms with Crippen molar-refractivity contribution in [2.45, 2.75) is 44.7 Å². The van der Waals surface area contributed by atoms with Crippen LogP contribution >= 0.6 is 0 Å². The molecule has 2 unspecified atom stereocenters. The van der Waals surface area contributed by atoms with Gasteiger partial charge < -0.3 is 4.90 Å². The SMILES string of the molecule is C=C(C)c1ccc(C(=O)C2CC3CCC(C2)N3C)cc1. The zero-order valence-corrected chi connectivity index (χ0v) is 12.4. The average Bonchev–Trinajstić information content (AvgIpc) is 2.68. The van der Waals surface area contributed by atoms with E-state index in [4.69, 9.17) is 0 Å². The summed E-state index contributed by atoms with van der Waals surface area (Å²) in [5.41, 5.74) is 3.02. The van der Waals surface area contributed by atoms with Crippen LogP contribution in [0.15, 0.2) is 30.8 Å². The van der Waals surface area contributed by atoms with Gasteiger partial charge >= 0.3 is 0 Å². The molecule has 2 aliphatic rings. The first kappa shape index (κ1) is 13.6. The molecule has 0 saturated carbocycles. The fourth-order valence-electron chi connectivity index (χ4n) is 3.78. The third kappa shape index (κ3) is 2.33. The third-order valence-corrected chi connectivity index (χ3v) is 5.13. The monoisotopic (exact) mass is 269 g/mol. The molecule has 1 aromatic carbocycles. The van der Waals surface area contributed by atoms with Crippen LogP contribution in [-0.4, -0.2) is 29.8 Å². The van der Waals surface area contributed by atoms with Gasteiger partial charge in [-0.25, -0.2) is 0 Å². The molecule has 2 heteroatoms. The predicted molar refractivity (Wildman–Crippen MR) is 82.8 cm³/mol. The molecule has 1 aromatic rings. The van der Waals surface area contributed by atoms with Crippen molar-refractivity contribution >= 4 is 11.4 Å². The molecule has 0 aromatic heterocycles. The number of ketones is 1. The number of fused-ring (bicyclic) bond motifs is 2. The van der Waals surface area contributed by atoms with Gasteiger partial charge in [-0.1, -0.05) is 36.4 Å². The molecule has 106 valence electrons. The van der Waals surface area contributed by atoms with Crippen LogP contribution in [0.25, 0.3) is 5.57 Å². The average molecular weight is 269 g/mol. The third-order valence-electron chi connectivity index (χ3n) is 5.13. The lowest BCUT2D eigenvalue weighted by molar-refractivity contribution is 0.0767. The Morgan fingerprint density at radius 1 is 1.10 bits per heavy atom. The van der Waals surface area contributed by atoms with Crippen molar-refractivity contribution in [2.75, 3.05) is 7.05 Å². The summed E-state index contributed by atoms with van der Waals surface area (Å²) in [6.45, 7) is 5.93. The standard InChI is InChI=1S/C18H23NO/c1-12(2)13-4-6-14(7-5-13)18(20)15-10-16-8-9-17(11-15)19(16)3/h4-7,15-17H,1,8-11H2,2-3H3. The minimum Gasteiger partial charge on any atom is -0.300 e. The van der Waals surface area contributed by atoms with Gasteiger partial charge in [-0.15, -0.1) is 0 Å². The molecule has 2 heterocycles. The van der Waals surface area contributed by atoms with Crippen molar-refractivity contribution in [2.24, 2.45) is 5.92 Å². The number of hydrogen-bond donors (Lipinski definition) is 0. The van der Waals surface area contributed by atoms with E-state index in [-0.39, 0.29) is 5.92 Å². The van der Waals surface area contributed by atoms with Crippen LogP contribution in [0.2, 0.25) is 0 Å². The van der Waals surface area contributed by atoms with Gasteiger partial charge in [0.15, 0.2) is 5.78 Å². The molecule has 0 amide bonds. The number of rotatable bonds is 3. The lowest BCUT2D eigenvalue weighted by atomic mass is 9.85. The maximum atomic E-state index is 12.7. The number of nitrogens with zero attached hydrogens (tertiary/aromatic N) is 1. The van der Waals surface area contributed by atoms with Gasteiger partial charge in [0, 0.05) is 23.6 Å². The number of Topliss-reactive ketones (excluding diaryl/α,β-unsaturated/α-hetero) is 1. The Hall–Kier alpha value is -1.41. The molecule has 0 aliphatic carbocycles. The van der Waals surface area contributed by atoms with Crippen molar-refractivity contribution in [3.05, 3.63) is 42.0 Å². The molecule has 3 rings (SSSR count). The van der Waals surface area contributed by atoms with Crippen LogP contribution in [0.5, 0.6) is 0 Å². The van der Waals surface area contributed by atoms with Gasteiger partial charge in [-0.05, 0) is 45.2 Å². The Balaban J connectivity index is 1.74. The van der Waals surface area contributed by atoms with Gasteiger partial charge in [-0.2, -0.15) is 0 Å². The first-order valence-electron chi connectivity index (χ1n) is 7.58. The van der Waals surface area contributed by atoms with Crippen LogP contribution in [0.3, 0.4) is 0 Å². The fourth-order valence-corrected chi connectivity index (χ4v) is 3.78. The van der Waals surface area contributed by atoms with Crippen LogP contribution in [0.1, 0.15) is 48.5 Å². The van der Waals surface area contributed by atoms with Crippen molar-refractivity contribution in [3.8, 4) is 0 Å². The maximum Gasteiger partial charge on any atom is 0.166 e. The summed E-state index contributed by atoms with van der Waals surface area (Å²) < 4.78 is 0. The summed E-state index contributed by atoms with van der Waals surface area (Å²) in [4.78, 5) is 15.1. The van der Waals surface area contributed by atoms with Gasteiger partial charge in [-0.3, -0.25) is 4.79 Å². The molecular weight excluding hydrogens is 246 g/mol. The van der Waals surface area contributed by atoms with E-state index in [0.717, 1.165) is 29.5 Å². The Kier molecular flexibility index (Phi) is 3.51. The summed E-state index contributed by atoms with van der Waals surface area (Å²) in [5.74, 6) is 0.558. The number of allylic oxidation sites excluding steroid dienone is 1. The van der Waals surface area contributed by atoms with Gasteiger partial charge in [0.1, 0.15) is 0 Å². The lowest BCUT2D eigenvalue weighted by Gasteiger charge is -2.35. The highest BCUT2D eigenvalue weighted by Crippen LogP contribution is 2.38. The molecule has 2 fully saturated rings. The second-order valence-electron chi connectivity index (χ2n) is 6.44. The van der Waals surface area contributed by atoms with Crippen LogP contribution < -0.4 is 0 Å². The topological polar surface area (TPSA) is 20.3 Å². The maximum absolute atomic E-state index is 12.7. The van der Waals surface area contributed by atoms with Crippen LogP contribution in [0.4, 0.5) is 0 Å². The summed E-state index contributed by atoms with van der Waals surface area (Å²) in [6, 6.07) is 9.20. The van der Waals surface area contributed by atoms with E-state index in [1.54, 1.807) is 0 Å². The second kappa shape index (κ2) is 5.17. The second-order valence-corrected chi connectivity index (χ2v) is 6.44. The Morgan fingerprint density at radius 2 is 1.60 bits per heavy atom. The van der Waals surface area contributed by atoms with E-state index in [2.05, 4.69) is 18.5 Å². The predicted octanol–water partition coefficient (Wildman–Crippen LogP) is 3.78. The highest BCUT2D eigenvalue weighted by atomic mass is 16.1. The Morgan fingerprint density at radius 3 is 2.10 bits per heavy atom. The summed E-state index contributed by atoms with van der Waals surface area (Å²) in [7, 11) is 2.21. The van der Waals surface area contributed by atoms with Crippen molar-refractivity contribution < 1.29 is 4.79 Å². The molecule has 20 heavy (non-hydrogen) atoms. The molecular formula is C18H23NO. The number of piperidine rings is 1. The van der Waals surface area contributed by atoms with Crippen LogP contribution in [0, 0.1) is 5.92 Å². The molecule has 2 nitrogen and oxygen atoms in total. The number of benzene rings is 1. The molecule has 2 bridgehead atoms. The van der Waals surface area contributed by atoms with Crippen molar-refractivity contribution in [3.63, 3.8) is 0 Å². The lowest BCUT2D eigenvalue weighted by Crippen LogP contribution is -2.42. The molecule has 2 saturated heterocycles. The normalized spacial score (nSPS) is 29.4. The molecule has 0 radical (unpaired) electrons. The van der Waals surface area contributed by atoms with Gasteiger partial charge in [0.05, 0.1) is 0 Å². The molecule has 2 aliphatic heterocycles. The quantitative estimate of drug-likeness (QED) is 0.778. The van der Waals surface area contributed by atoms with Crippen LogP contribution in [-0.2, 0) is 0 Å². The van der Waals surface area contributed by atoms with Gasteiger partial charge in [0.2, 0.25) is 0 Å². The largest absolute Gasteiger partial charge is 0.300 e. The number of carbonyl (C=O) groups excluding carboxylic acids is 1. The number of carbonyl (C=O) groups is 1. The van der Waals surface area contributed by atoms with E-state index in [1.807, 2.05) is 31.2 Å². The van der Waals surface area contributed by atoms with E-state index in [0.29, 0.717) is 17.9 Å². The first-order valence-corrected chi connectivity index (χ1v) is 7.58. The summed E-state index contributed by atoms with van der Waals surface area (Å²) in [5, 5.41) is 0. The molecule has 0 spiro atoms. The minimum atomic E-state index is 0.222. The zero-order chi connectivity index (χ0) is 14.3. The Labute approximate surface area is 121 Å². The van der Waals surface area contributed by atoms with E-state index in [9.17, 15) is 4.79 Å². The van der Waals surface area contributed by atoms with E-state index >= 15 is 0 Å².